The van der Waals surface area contributed by atoms with Gasteiger partial charge in [0.25, 0.3) is 0 Å². The fourth-order valence-electron chi connectivity index (χ4n) is 2.14. The van der Waals surface area contributed by atoms with Crippen molar-refractivity contribution >= 4 is 6.29 Å². The zero-order valence-electron chi connectivity index (χ0n) is 11.1. The van der Waals surface area contributed by atoms with Gasteiger partial charge >= 0.3 is 0 Å². The number of carbonyl (C=O) groups is 1. The van der Waals surface area contributed by atoms with Gasteiger partial charge in [0, 0.05) is 25.0 Å². The van der Waals surface area contributed by atoms with Gasteiger partial charge in [0.2, 0.25) is 0 Å². The summed E-state index contributed by atoms with van der Waals surface area (Å²) in [6, 6.07) is 10.0. The predicted molar refractivity (Wildman–Crippen MR) is 75.4 cm³/mol. The van der Waals surface area contributed by atoms with E-state index in [2.05, 4.69) is 10.2 Å². The topological polar surface area (TPSA) is 52.7 Å². The van der Waals surface area contributed by atoms with Crippen LogP contribution in [0.15, 0.2) is 48.9 Å². The molecular formula is C15H14N4O. The van der Waals surface area contributed by atoms with Crippen molar-refractivity contribution < 1.29 is 4.79 Å². The summed E-state index contributed by atoms with van der Waals surface area (Å²) in [6.07, 6.45) is 6.16. The second kappa shape index (κ2) is 5.13. The monoisotopic (exact) mass is 266 g/mol. The van der Waals surface area contributed by atoms with Gasteiger partial charge in [-0.05, 0) is 5.56 Å². The molecule has 2 aromatic heterocycles. The van der Waals surface area contributed by atoms with E-state index in [9.17, 15) is 4.79 Å². The molecule has 0 aliphatic heterocycles. The molecular weight excluding hydrogens is 252 g/mol. The van der Waals surface area contributed by atoms with E-state index in [1.165, 1.54) is 0 Å². The van der Waals surface area contributed by atoms with Gasteiger partial charge in [0.15, 0.2) is 6.29 Å². The maximum atomic E-state index is 11.2. The standard InChI is InChI=1S/C15H14N4O/c1-18-9-13(7-16-18)15-14(11-20)10-19(17-15)8-12-5-3-2-4-6-12/h2-7,9-11H,8H2,1H3. The molecule has 0 unspecified atom stereocenters. The van der Waals surface area contributed by atoms with Crippen molar-refractivity contribution in [2.24, 2.45) is 7.05 Å². The summed E-state index contributed by atoms with van der Waals surface area (Å²) >= 11 is 0. The van der Waals surface area contributed by atoms with Crippen LogP contribution < -0.4 is 0 Å². The van der Waals surface area contributed by atoms with E-state index in [1.807, 2.05) is 43.6 Å². The highest BCUT2D eigenvalue weighted by atomic mass is 16.1. The molecule has 0 bridgehead atoms. The minimum absolute atomic E-state index is 0.578. The number of carbonyl (C=O) groups excluding carboxylic acids is 1. The zero-order chi connectivity index (χ0) is 13.9. The Morgan fingerprint density at radius 1 is 1.20 bits per heavy atom. The molecule has 20 heavy (non-hydrogen) atoms. The van der Waals surface area contributed by atoms with Crippen molar-refractivity contribution in [2.75, 3.05) is 0 Å². The highest BCUT2D eigenvalue weighted by Crippen LogP contribution is 2.20. The number of aromatic nitrogens is 4. The Balaban J connectivity index is 1.95. The van der Waals surface area contributed by atoms with Crippen molar-refractivity contribution in [2.45, 2.75) is 6.54 Å². The van der Waals surface area contributed by atoms with Crippen LogP contribution >= 0.6 is 0 Å². The molecule has 0 aliphatic rings. The molecule has 3 rings (SSSR count). The first-order valence-electron chi connectivity index (χ1n) is 6.32. The molecule has 3 aromatic rings. The number of aldehydes is 1. The first kappa shape index (κ1) is 12.3. The smallest absolute Gasteiger partial charge is 0.153 e. The van der Waals surface area contributed by atoms with E-state index in [1.54, 1.807) is 21.8 Å². The quantitative estimate of drug-likeness (QED) is 0.680. The lowest BCUT2D eigenvalue weighted by atomic mass is 10.2. The molecule has 0 N–H and O–H groups in total. The fraction of sp³-hybridized carbons (Fsp3) is 0.133. The van der Waals surface area contributed by atoms with Crippen molar-refractivity contribution in [1.82, 2.24) is 19.6 Å². The summed E-state index contributed by atoms with van der Waals surface area (Å²) in [5.74, 6) is 0. The number of nitrogens with zero attached hydrogens (tertiary/aromatic N) is 4. The number of rotatable bonds is 4. The van der Waals surface area contributed by atoms with Gasteiger partial charge in [-0.15, -0.1) is 0 Å². The van der Waals surface area contributed by atoms with Crippen LogP contribution in [-0.4, -0.2) is 25.8 Å². The maximum Gasteiger partial charge on any atom is 0.153 e. The molecule has 0 aliphatic carbocycles. The van der Waals surface area contributed by atoms with E-state index in [-0.39, 0.29) is 0 Å². The largest absolute Gasteiger partial charge is 0.298 e. The SMILES string of the molecule is Cn1cc(-c2nn(Cc3ccccc3)cc2C=O)cn1. The first-order chi connectivity index (χ1) is 9.76. The molecule has 0 saturated heterocycles. The maximum absolute atomic E-state index is 11.2. The summed E-state index contributed by atoms with van der Waals surface area (Å²) < 4.78 is 3.47. The van der Waals surface area contributed by atoms with Crippen LogP contribution in [0.2, 0.25) is 0 Å². The Labute approximate surface area is 116 Å². The lowest BCUT2D eigenvalue weighted by Crippen LogP contribution is -1.99. The second-order valence-electron chi connectivity index (χ2n) is 4.64. The minimum Gasteiger partial charge on any atom is -0.298 e. The normalized spacial score (nSPS) is 10.7. The van der Waals surface area contributed by atoms with Crippen molar-refractivity contribution in [1.29, 1.82) is 0 Å². The summed E-state index contributed by atoms with van der Waals surface area (Å²) in [5.41, 5.74) is 3.24. The van der Waals surface area contributed by atoms with Crippen LogP contribution in [0.1, 0.15) is 15.9 Å². The van der Waals surface area contributed by atoms with E-state index < -0.39 is 0 Å². The lowest BCUT2D eigenvalue weighted by Gasteiger charge is -2.00. The molecule has 100 valence electrons. The molecule has 0 saturated carbocycles. The van der Waals surface area contributed by atoms with Gasteiger partial charge in [-0.2, -0.15) is 10.2 Å². The molecule has 0 atom stereocenters. The van der Waals surface area contributed by atoms with Crippen LogP contribution in [0.4, 0.5) is 0 Å². The molecule has 1 aromatic carbocycles. The summed E-state index contributed by atoms with van der Waals surface area (Å²) in [7, 11) is 1.84. The van der Waals surface area contributed by atoms with Crippen LogP contribution in [0.25, 0.3) is 11.3 Å². The molecule has 5 heteroatoms. The number of hydrogen-bond donors (Lipinski definition) is 0. The predicted octanol–water partition coefficient (Wildman–Crippen LogP) is 2.14. The summed E-state index contributed by atoms with van der Waals surface area (Å²) in [6.45, 7) is 0.641. The Kier molecular flexibility index (Phi) is 3.16. The first-order valence-corrected chi connectivity index (χ1v) is 6.32. The molecule has 2 heterocycles. The molecule has 5 nitrogen and oxygen atoms in total. The van der Waals surface area contributed by atoms with Crippen LogP contribution in [0.5, 0.6) is 0 Å². The van der Waals surface area contributed by atoms with Gasteiger partial charge in [0.05, 0.1) is 18.3 Å². The van der Waals surface area contributed by atoms with Gasteiger partial charge in [-0.1, -0.05) is 30.3 Å². The number of aryl methyl sites for hydroxylation is 1. The van der Waals surface area contributed by atoms with Crippen LogP contribution in [0, 0.1) is 0 Å². The lowest BCUT2D eigenvalue weighted by molar-refractivity contribution is 0.112. The Bertz CT molecular complexity index is 727. The summed E-state index contributed by atoms with van der Waals surface area (Å²) in [4.78, 5) is 11.2. The third-order valence-corrected chi connectivity index (χ3v) is 3.08. The van der Waals surface area contributed by atoms with E-state index in [0.717, 1.165) is 17.4 Å². The van der Waals surface area contributed by atoms with E-state index >= 15 is 0 Å². The van der Waals surface area contributed by atoms with Gasteiger partial charge in [-0.25, -0.2) is 0 Å². The molecule has 0 spiro atoms. The average molecular weight is 266 g/mol. The third-order valence-electron chi connectivity index (χ3n) is 3.08. The van der Waals surface area contributed by atoms with Crippen molar-refractivity contribution in [3.8, 4) is 11.3 Å². The zero-order valence-corrected chi connectivity index (χ0v) is 11.1. The molecule has 0 amide bonds. The Morgan fingerprint density at radius 2 is 2.00 bits per heavy atom. The Morgan fingerprint density at radius 3 is 2.65 bits per heavy atom. The molecule has 0 fully saturated rings. The fourth-order valence-corrected chi connectivity index (χ4v) is 2.14. The van der Waals surface area contributed by atoms with E-state index in [0.29, 0.717) is 17.8 Å². The average Bonchev–Trinajstić information content (AvgIpc) is 3.06. The van der Waals surface area contributed by atoms with Crippen LogP contribution in [0.3, 0.4) is 0 Å². The van der Waals surface area contributed by atoms with Crippen molar-refractivity contribution in [3.05, 3.63) is 60.0 Å². The van der Waals surface area contributed by atoms with E-state index in [4.69, 9.17) is 0 Å². The van der Waals surface area contributed by atoms with Gasteiger partial charge in [-0.3, -0.25) is 14.2 Å². The number of hydrogen-bond acceptors (Lipinski definition) is 3. The molecule has 0 radical (unpaired) electrons. The second-order valence-corrected chi connectivity index (χ2v) is 4.64. The minimum atomic E-state index is 0.578. The third kappa shape index (κ3) is 2.38. The highest BCUT2D eigenvalue weighted by molar-refractivity contribution is 5.85. The Hall–Kier alpha value is -2.69. The highest BCUT2D eigenvalue weighted by Gasteiger charge is 2.12. The van der Waals surface area contributed by atoms with Crippen molar-refractivity contribution in [3.63, 3.8) is 0 Å². The summed E-state index contributed by atoms with van der Waals surface area (Å²) in [5, 5.41) is 8.61. The number of benzene rings is 1. The van der Waals surface area contributed by atoms with Crippen LogP contribution in [-0.2, 0) is 13.6 Å². The van der Waals surface area contributed by atoms with Gasteiger partial charge < -0.3 is 0 Å². The van der Waals surface area contributed by atoms with Gasteiger partial charge in [0.1, 0.15) is 5.69 Å².